The lowest BCUT2D eigenvalue weighted by Crippen LogP contribution is -2.59. The monoisotopic (exact) mass is 259 g/mol. The van der Waals surface area contributed by atoms with Crippen LogP contribution < -0.4 is 4.74 Å². The van der Waals surface area contributed by atoms with Crippen molar-refractivity contribution >= 4 is 0 Å². The minimum atomic E-state index is -4.39. The van der Waals surface area contributed by atoms with Crippen molar-refractivity contribution in [3.63, 3.8) is 0 Å². The average Bonchev–Trinajstić information content (AvgIpc) is 2.74. The highest BCUT2D eigenvalue weighted by atomic mass is 19.4. The number of likely N-dealkylation sites (tertiary alicyclic amines) is 1. The third kappa shape index (κ3) is 2.19. The maximum Gasteiger partial charge on any atom is 0.442 e. The van der Waals surface area contributed by atoms with Crippen LogP contribution in [0.4, 0.5) is 13.2 Å². The number of halogens is 3. The molecule has 5 heteroatoms. The molecule has 1 fully saturated rings. The van der Waals surface area contributed by atoms with Crippen molar-refractivity contribution < 1.29 is 17.9 Å². The van der Waals surface area contributed by atoms with Gasteiger partial charge in [0.1, 0.15) is 5.75 Å². The summed E-state index contributed by atoms with van der Waals surface area (Å²) < 4.78 is 45.4. The quantitative estimate of drug-likeness (QED) is 0.824. The van der Waals surface area contributed by atoms with Gasteiger partial charge in [-0.15, -0.1) is 0 Å². The number of hydrogen-bond acceptors (Lipinski definition) is 2. The van der Waals surface area contributed by atoms with E-state index in [9.17, 15) is 13.2 Å². The number of rotatable bonds is 3. The Labute approximate surface area is 104 Å². The highest BCUT2D eigenvalue weighted by Gasteiger charge is 2.62. The molecule has 1 saturated heterocycles. The minimum Gasteiger partial charge on any atom is -0.463 e. The average molecular weight is 259 g/mol. The van der Waals surface area contributed by atoms with Crippen LogP contribution in [-0.4, -0.2) is 29.9 Å². The van der Waals surface area contributed by atoms with Gasteiger partial charge >= 0.3 is 6.18 Å². The van der Waals surface area contributed by atoms with Crippen LogP contribution in [0, 0.1) is 0 Å². The topological polar surface area (TPSA) is 12.5 Å². The van der Waals surface area contributed by atoms with E-state index in [0.29, 0.717) is 19.5 Å². The summed E-state index contributed by atoms with van der Waals surface area (Å²) in [4.78, 5) is 1.36. The molecule has 100 valence electrons. The molecule has 1 aromatic carbocycles. The highest BCUT2D eigenvalue weighted by Crippen LogP contribution is 2.44. The summed E-state index contributed by atoms with van der Waals surface area (Å²) in [5, 5.41) is 0. The van der Waals surface area contributed by atoms with Crippen molar-refractivity contribution in [3.05, 3.63) is 30.3 Å². The summed E-state index contributed by atoms with van der Waals surface area (Å²) in [5.74, 6) is 0.259. The predicted octanol–water partition coefficient (Wildman–Crippen LogP) is 3.44. The first-order chi connectivity index (χ1) is 8.49. The van der Waals surface area contributed by atoms with Crippen LogP contribution in [0.15, 0.2) is 30.3 Å². The normalized spacial score (nSPS) is 25.3. The zero-order valence-corrected chi connectivity index (χ0v) is 10.2. The number of hydrogen-bond donors (Lipinski definition) is 0. The molecule has 1 aliphatic rings. The SMILES string of the molecule is CCN1CCCC1(Oc1ccccc1)C(F)(F)F. The fourth-order valence-corrected chi connectivity index (χ4v) is 2.44. The molecule has 0 N–H and O–H groups in total. The second-order valence-corrected chi connectivity index (χ2v) is 4.38. The predicted molar refractivity (Wildman–Crippen MR) is 62.3 cm³/mol. The summed E-state index contributed by atoms with van der Waals surface area (Å²) in [6.07, 6.45) is -3.91. The van der Waals surface area contributed by atoms with Gasteiger partial charge in [-0.2, -0.15) is 13.2 Å². The van der Waals surface area contributed by atoms with Crippen molar-refractivity contribution in [1.82, 2.24) is 4.90 Å². The molecule has 0 bridgehead atoms. The van der Waals surface area contributed by atoms with E-state index in [1.54, 1.807) is 37.3 Å². The molecule has 2 nitrogen and oxygen atoms in total. The maximum absolute atomic E-state index is 13.4. The molecule has 1 unspecified atom stereocenters. The number of para-hydroxylation sites is 1. The summed E-state index contributed by atoms with van der Waals surface area (Å²) in [6.45, 7) is 2.47. The van der Waals surface area contributed by atoms with Crippen LogP contribution in [0.3, 0.4) is 0 Å². The van der Waals surface area contributed by atoms with Crippen molar-refractivity contribution in [2.75, 3.05) is 13.1 Å². The molecular weight excluding hydrogens is 243 g/mol. The lowest BCUT2D eigenvalue weighted by molar-refractivity contribution is -0.292. The molecule has 0 radical (unpaired) electrons. The Hall–Kier alpha value is -1.23. The van der Waals surface area contributed by atoms with E-state index in [-0.39, 0.29) is 12.2 Å². The summed E-state index contributed by atoms with van der Waals surface area (Å²) in [5.41, 5.74) is -2.16. The second-order valence-electron chi connectivity index (χ2n) is 4.38. The van der Waals surface area contributed by atoms with Gasteiger partial charge in [0.25, 0.3) is 5.72 Å². The van der Waals surface area contributed by atoms with E-state index >= 15 is 0 Å². The van der Waals surface area contributed by atoms with Crippen LogP contribution in [0.1, 0.15) is 19.8 Å². The van der Waals surface area contributed by atoms with Crippen LogP contribution in [0.25, 0.3) is 0 Å². The third-order valence-corrected chi connectivity index (χ3v) is 3.31. The van der Waals surface area contributed by atoms with Crippen LogP contribution in [0.2, 0.25) is 0 Å². The van der Waals surface area contributed by atoms with Crippen LogP contribution in [-0.2, 0) is 0 Å². The van der Waals surface area contributed by atoms with Gasteiger partial charge in [0.15, 0.2) is 0 Å². The van der Waals surface area contributed by atoms with Gasteiger partial charge in [-0.25, -0.2) is 0 Å². The molecular formula is C13H16F3NO. The summed E-state index contributed by atoms with van der Waals surface area (Å²) >= 11 is 0. The first-order valence-electron chi connectivity index (χ1n) is 6.05. The van der Waals surface area contributed by atoms with E-state index < -0.39 is 11.9 Å². The van der Waals surface area contributed by atoms with E-state index in [2.05, 4.69) is 0 Å². The number of nitrogens with zero attached hydrogens (tertiary/aromatic N) is 1. The van der Waals surface area contributed by atoms with E-state index in [4.69, 9.17) is 4.74 Å². The standard InChI is InChI=1S/C13H16F3NO/c1-2-17-10-6-9-12(17,13(14,15)16)18-11-7-4-3-5-8-11/h3-5,7-8H,2,6,9-10H2,1H3. The number of ether oxygens (including phenoxy) is 1. The molecule has 1 aliphatic heterocycles. The van der Waals surface area contributed by atoms with Gasteiger partial charge in [0, 0.05) is 13.0 Å². The van der Waals surface area contributed by atoms with Crippen LogP contribution in [0.5, 0.6) is 5.75 Å². The van der Waals surface area contributed by atoms with E-state index in [1.807, 2.05) is 0 Å². The lowest BCUT2D eigenvalue weighted by Gasteiger charge is -2.39. The van der Waals surface area contributed by atoms with E-state index in [1.165, 1.54) is 4.90 Å². The molecule has 0 amide bonds. The summed E-state index contributed by atoms with van der Waals surface area (Å²) in [7, 11) is 0. The number of alkyl halides is 3. The fourth-order valence-electron chi connectivity index (χ4n) is 2.44. The van der Waals surface area contributed by atoms with Gasteiger partial charge in [-0.3, -0.25) is 4.90 Å². The third-order valence-electron chi connectivity index (χ3n) is 3.31. The Bertz CT molecular complexity index is 393. The molecule has 0 saturated carbocycles. The van der Waals surface area contributed by atoms with Crippen molar-refractivity contribution in [1.29, 1.82) is 0 Å². The molecule has 1 atom stereocenters. The molecule has 0 aromatic heterocycles. The Balaban J connectivity index is 2.32. The zero-order valence-electron chi connectivity index (χ0n) is 10.2. The molecule has 0 aliphatic carbocycles. The van der Waals surface area contributed by atoms with Gasteiger partial charge < -0.3 is 4.74 Å². The van der Waals surface area contributed by atoms with Crippen molar-refractivity contribution in [2.24, 2.45) is 0 Å². The van der Waals surface area contributed by atoms with Gasteiger partial charge in [-0.05, 0) is 25.1 Å². The van der Waals surface area contributed by atoms with Gasteiger partial charge in [0.2, 0.25) is 0 Å². The smallest absolute Gasteiger partial charge is 0.442 e. The molecule has 1 heterocycles. The zero-order chi connectivity index (χ0) is 13.2. The Morgan fingerprint density at radius 1 is 1.28 bits per heavy atom. The van der Waals surface area contributed by atoms with Crippen molar-refractivity contribution in [3.8, 4) is 5.75 Å². The van der Waals surface area contributed by atoms with Crippen molar-refractivity contribution in [2.45, 2.75) is 31.7 Å². The lowest BCUT2D eigenvalue weighted by atomic mass is 10.1. The first-order valence-corrected chi connectivity index (χ1v) is 6.05. The Morgan fingerprint density at radius 2 is 1.94 bits per heavy atom. The molecule has 18 heavy (non-hydrogen) atoms. The fraction of sp³-hybridized carbons (Fsp3) is 0.538. The molecule has 2 rings (SSSR count). The first kappa shape index (κ1) is 13.2. The maximum atomic E-state index is 13.4. The van der Waals surface area contributed by atoms with E-state index in [0.717, 1.165) is 0 Å². The Kier molecular flexibility index (Phi) is 3.52. The second kappa shape index (κ2) is 4.80. The highest BCUT2D eigenvalue weighted by molar-refractivity contribution is 5.22. The summed E-state index contributed by atoms with van der Waals surface area (Å²) in [6, 6.07) is 8.20. The molecule has 0 spiro atoms. The largest absolute Gasteiger partial charge is 0.463 e. The minimum absolute atomic E-state index is 0.0146. The Morgan fingerprint density at radius 3 is 2.50 bits per heavy atom. The van der Waals surface area contributed by atoms with Crippen LogP contribution >= 0.6 is 0 Å². The van der Waals surface area contributed by atoms with Gasteiger partial charge in [-0.1, -0.05) is 25.1 Å². The number of benzene rings is 1. The van der Waals surface area contributed by atoms with Gasteiger partial charge in [0.05, 0.1) is 0 Å². The molecule has 1 aromatic rings.